The van der Waals surface area contributed by atoms with Crippen molar-refractivity contribution in [1.82, 2.24) is 5.32 Å². The molecule has 0 bridgehead atoms. The summed E-state index contributed by atoms with van der Waals surface area (Å²) in [6.07, 6.45) is -0.0445. The molecule has 0 amide bonds. The molecule has 0 aliphatic carbocycles. The maximum absolute atomic E-state index is 13.0. The normalized spacial score (nSPS) is 29.6. The predicted octanol–water partition coefficient (Wildman–Crippen LogP) is 2.69. The molecule has 90 valence electrons. The molecule has 3 atom stereocenters. The second-order valence-electron chi connectivity index (χ2n) is 4.17. The van der Waals surface area contributed by atoms with Gasteiger partial charge in [-0.15, -0.1) is 12.4 Å². The van der Waals surface area contributed by atoms with Gasteiger partial charge in [-0.05, 0) is 31.5 Å². The lowest BCUT2D eigenvalue weighted by Gasteiger charge is -2.34. The third kappa shape index (κ3) is 2.94. The third-order valence-electron chi connectivity index (χ3n) is 2.70. The van der Waals surface area contributed by atoms with E-state index in [2.05, 4.69) is 19.2 Å². The molecule has 1 aromatic carbocycles. The molecule has 1 aromatic rings. The van der Waals surface area contributed by atoms with Crippen molar-refractivity contribution in [3.8, 4) is 0 Å². The van der Waals surface area contributed by atoms with E-state index in [-0.39, 0.29) is 30.4 Å². The highest BCUT2D eigenvalue weighted by Crippen LogP contribution is 2.25. The Kier molecular flexibility index (Phi) is 4.71. The molecule has 1 fully saturated rings. The number of rotatable bonds is 1. The molecule has 16 heavy (non-hydrogen) atoms. The second kappa shape index (κ2) is 5.62. The van der Waals surface area contributed by atoms with Crippen LogP contribution in [-0.4, -0.2) is 18.7 Å². The van der Waals surface area contributed by atoms with Crippen molar-refractivity contribution in [3.05, 3.63) is 35.6 Å². The maximum Gasteiger partial charge on any atom is 0.123 e. The molecular weight excluding hydrogens is 229 g/mol. The van der Waals surface area contributed by atoms with Crippen molar-refractivity contribution in [2.24, 2.45) is 0 Å². The molecule has 1 N–H and O–H groups in total. The first-order chi connectivity index (χ1) is 7.16. The van der Waals surface area contributed by atoms with Gasteiger partial charge in [0, 0.05) is 12.1 Å². The van der Waals surface area contributed by atoms with Crippen LogP contribution in [0.3, 0.4) is 0 Å². The summed E-state index contributed by atoms with van der Waals surface area (Å²) in [6, 6.07) is 7.20. The SMILES string of the molecule is CC1N[C@@H](C)COC1c1cccc(F)c1.Cl. The average Bonchev–Trinajstić information content (AvgIpc) is 2.17. The Bertz CT molecular complexity index is 348. The first-order valence-electron chi connectivity index (χ1n) is 5.30. The van der Waals surface area contributed by atoms with Gasteiger partial charge in [0.1, 0.15) is 5.82 Å². The molecule has 1 aliphatic rings. The van der Waals surface area contributed by atoms with Crippen LogP contribution in [0.5, 0.6) is 0 Å². The van der Waals surface area contributed by atoms with E-state index >= 15 is 0 Å². The highest BCUT2D eigenvalue weighted by atomic mass is 35.5. The Labute approximate surface area is 102 Å². The van der Waals surface area contributed by atoms with Gasteiger partial charge in [-0.2, -0.15) is 0 Å². The molecule has 1 saturated heterocycles. The lowest BCUT2D eigenvalue weighted by atomic mass is 10.0. The number of morpholine rings is 1. The standard InChI is InChI=1S/C12H16FNO.ClH/c1-8-7-15-12(9(2)14-8)10-4-3-5-11(13)6-10;/h3-6,8-9,12,14H,7H2,1-2H3;1H/t8-,9?,12?;/m0./s1. The van der Waals surface area contributed by atoms with E-state index in [1.54, 1.807) is 12.1 Å². The Morgan fingerprint density at radius 3 is 2.75 bits per heavy atom. The lowest BCUT2D eigenvalue weighted by Crippen LogP contribution is -2.47. The number of nitrogens with one attached hydrogen (secondary N) is 1. The number of benzene rings is 1. The molecule has 2 rings (SSSR count). The van der Waals surface area contributed by atoms with Crippen molar-refractivity contribution in [3.63, 3.8) is 0 Å². The molecule has 2 nitrogen and oxygen atoms in total. The van der Waals surface area contributed by atoms with Gasteiger partial charge in [0.25, 0.3) is 0 Å². The summed E-state index contributed by atoms with van der Waals surface area (Å²) < 4.78 is 18.8. The Balaban J connectivity index is 0.00000128. The van der Waals surface area contributed by atoms with Crippen LogP contribution in [0.1, 0.15) is 25.5 Å². The zero-order chi connectivity index (χ0) is 10.8. The van der Waals surface area contributed by atoms with Crippen LogP contribution in [0.15, 0.2) is 24.3 Å². The van der Waals surface area contributed by atoms with Crippen LogP contribution in [0.25, 0.3) is 0 Å². The minimum Gasteiger partial charge on any atom is -0.370 e. The molecule has 0 aromatic heterocycles. The van der Waals surface area contributed by atoms with E-state index in [1.165, 1.54) is 6.07 Å². The fourth-order valence-corrected chi connectivity index (χ4v) is 2.05. The van der Waals surface area contributed by atoms with Gasteiger partial charge in [-0.1, -0.05) is 12.1 Å². The van der Waals surface area contributed by atoms with E-state index in [0.717, 1.165) is 5.56 Å². The number of ether oxygens (including phenoxy) is 1. The summed E-state index contributed by atoms with van der Waals surface area (Å²) in [6.45, 7) is 4.81. The summed E-state index contributed by atoms with van der Waals surface area (Å²) in [5.74, 6) is -0.207. The van der Waals surface area contributed by atoms with Crippen molar-refractivity contribution < 1.29 is 9.13 Å². The first kappa shape index (κ1) is 13.4. The van der Waals surface area contributed by atoms with Crippen LogP contribution in [-0.2, 0) is 4.74 Å². The molecule has 1 aliphatic heterocycles. The maximum atomic E-state index is 13.0. The fraction of sp³-hybridized carbons (Fsp3) is 0.500. The van der Waals surface area contributed by atoms with Gasteiger partial charge in [0.2, 0.25) is 0 Å². The molecule has 0 saturated carbocycles. The number of halogens is 2. The van der Waals surface area contributed by atoms with Crippen LogP contribution >= 0.6 is 12.4 Å². The van der Waals surface area contributed by atoms with Gasteiger partial charge < -0.3 is 10.1 Å². The van der Waals surface area contributed by atoms with E-state index in [9.17, 15) is 4.39 Å². The van der Waals surface area contributed by atoms with Crippen molar-refractivity contribution in [1.29, 1.82) is 0 Å². The number of hydrogen-bond acceptors (Lipinski definition) is 2. The van der Waals surface area contributed by atoms with Crippen LogP contribution in [0.2, 0.25) is 0 Å². The quantitative estimate of drug-likeness (QED) is 0.822. The number of hydrogen-bond donors (Lipinski definition) is 1. The predicted molar refractivity (Wildman–Crippen MR) is 64.4 cm³/mol. The third-order valence-corrected chi connectivity index (χ3v) is 2.70. The largest absolute Gasteiger partial charge is 0.370 e. The van der Waals surface area contributed by atoms with Gasteiger partial charge in [-0.25, -0.2) is 4.39 Å². The van der Waals surface area contributed by atoms with Gasteiger partial charge in [-0.3, -0.25) is 0 Å². The highest BCUT2D eigenvalue weighted by Gasteiger charge is 2.26. The van der Waals surface area contributed by atoms with Gasteiger partial charge in [0.15, 0.2) is 0 Å². The summed E-state index contributed by atoms with van der Waals surface area (Å²) in [5.41, 5.74) is 0.905. The monoisotopic (exact) mass is 245 g/mol. The molecule has 0 spiro atoms. The summed E-state index contributed by atoms with van der Waals surface area (Å²) >= 11 is 0. The van der Waals surface area contributed by atoms with Crippen molar-refractivity contribution >= 4 is 12.4 Å². The topological polar surface area (TPSA) is 21.3 Å². The summed E-state index contributed by atoms with van der Waals surface area (Å²) in [5, 5.41) is 3.40. The van der Waals surface area contributed by atoms with Gasteiger partial charge >= 0.3 is 0 Å². The molecular formula is C12H17ClFNO. The van der Waals surface area contributed by atoms with Crippen molar-refractivity contribution in [2.75, 3.05) is 6.61 Å². The Morgan fingerprint density at radius 1 is 1.38 bits per heavy atom. The summed E-state index contributed by atoms with van der Waals surface area (Å²) in [7, 11) is 0. The average molecular weight is 246 g/mol. The Hall–Kier alpha value is -0.640. The van der Waals surface area contributed by atoms with Crippen molar-refractivity contribution in [2.45, 2.75) is 32.0 Å². The zero-order valence-electron chi connectivity index (χ0n) is 9.44. The van der Waals surface area contributed by atoms with Crippen LogP contribution in [0, 0.1) is 5.82 Å². The van der Waals surface area contributed by atoms with E-state index in [0.29, 0.717) is 12.6 Å². The minimum atomic E-state index is -0.207. The zero-order valence-corrected chi connectivity index (χ0v) is 10.3. The van der Waals surface area contributed by atoms with E-state index in [1.807, 2.05) is 6.07 Å². The van der Waals surface area contributed by atoms with Gasteiger partial charge in [0.05, 0.1) is 12.7 Å². The summed E-state index contributed by atoms with van der Waals surface area (Å²) in [4.78, 5) is 0. The lowest BCUT2D eigenvalue weighted by molar-refractivity contribution is -0.0208. The molecule has 4 heteroatoms. The first-order valence-corrected chi connectivity index (χ1v) is 5.30. The smallest absolute Gasteiger partial charge is 0.123 e. The van der Waals surface area contributed by atoms with Crippen LogP contribution in [0.4, 0.5) is 4.39 Å². The van der Waals surface area contributed by atoms with E-state index in [4.69, 9.17) is 4.74 Å². The molecule has 2 unspecified atom stereocenters. The second-order valence-corrected chi connectivity index (χ2v) is 4.17. The molecule has 0 radical (unpaired) electrons. The van der Waals surface area contributed by atoms with Crippen LogP contribution < -0.4 is 5.32 Å². The minimum absolute atomic E-state index is 0. The fourth-order valence-electron chi connectivity index (χ4n) is 2.05. The molecule has 1 heterocycles. The van der Waals surface area contributed by atoms with E-state index < -0.39 is 0 Å². The Morgan fingerprint density at radius 2 is 2.12 bits per heavy atom. The highest BCUT2D eigenvalue weighted by molar-refractivity contribution is 5.85.